The normalized spacial score (nSPS) is 10.5. The zero-order chi connectivity index (χ0) is 16.2. The number of nitrogens with one attached hydrogen (secondary N) is 1. The van der Waals surface area contributed by atoms with Gasteiger partial charge < -0.3 is 5.32 Å². The second-order valence-electron chi connectivity index (χ2n) is 5.18. The molecule has 1 N–H and O–H groups in total. The number of aryl methyl sites for hydroxylation is 1. The van der Waals surface area contributed by atoms with Crippen molar-refractivity contribution in [2.45, 2.75) is 13.3 Å². The van der Waals surface area contributed by atoms with Crippen molar-refractivity contribution in [3.63, 3.8) is 0 Å². The van der Waals surface area contributed by atoms with Crippen LogP contribution in [0.25, 0.3) is 11.3 Å². The van der Waals surface area contributed by atoms with Gasteiger partial charge in [-0.2, -0.15) is 0 Å². The molecule has 5 heteroatoms. The average molecular weight is 343 g/mol. The van der Waals surface area contributed by atoms with Gasteiger partial charge in [-0.15, -0.1) is 11.3 Å². The summed E-state index contributed by atoms with van der Waals surface area (Å²) in [6, 6.07) is 15.0. The smallest absolute Gasteiger partial charge is 0.228 e. The van der Waals surface area contributed by atoms with E-state index in [9.17, 15) is 4.79 Å². The minimum Gasteiger partial charge on any atom is -0.326 e. The maximum absolute atomic E-state index is 12.1. The minimum absolute atomic E-state index is 0.0513. The van der Waals surface area contributed by atoms with Crippen molar-refractivity contribution in [3.05, 3.63) is 69.5 Å². The second-order valence-corrected chi connectivity index (χ2v) is 6.68. The van der Waals surface area contributed by atoms with Crippen LogP contribution in [0.1, 0.15) is 10.6 Å². The van der Waals surface area contributed by atoms with E-state index >= 15 is 0 Å². The van der Waals surface area contributed by atoms with Gasteiger partial charge in [0, 0.05) is 21.7 Å². The Balaban J connectivity index is 1.63. The summed E-state index contributed by atoms with van der Waals surface area (Å²) in [5.74, 6) is -0.0513. The number of nitrogens with zero attached hydrogens (tertiary/aromatic N) is 1. The summed E-state index contributed by atoms with van der Waals surface area (Å²) in [5.41, 5.74) is 3.72. The molecule has 3 rings (SSSR count). The predicted octanol–water partition coefficient (Wildman–Crippen LogP) is 4.95. The number of thiazole rings is 1. The van der Waals surface area contributed by atoms with E-state index in [1.54, 1.807) is 23.5 Å². The van der Waals surface area contributed by atoms with Gasteiger partial charge in [0.15, 0.2) is 0 Å². The van der Waals surface area contributed by atoms with Crippen molar-refractivity contribution in [2.24, 2.45) is 0 Å². The molecule has 1 aromatic heterocycles. The molecule has 0 spiro atoms. The summed E-state index contributed by atoms with van der Waals surface area (Å²) >= 11 is 7.47. The van der Waals surface area contributed by atoms with Gasteiger partial charge in [0.05, 0.1) is 17.1 Å². The zero-order valence-electron chi connectivity index (χ0n) is 12.5. The van der Waals surface area contributed by atoms with Gasteiger partial charge in [-0.1, -0.05) is 35.9 Å². The highest BCUT2D eigenvalue weighted by atomic mass is 35.5. The lowest BCUT2D eigenvalue weighted by Crippen LogP contribution is -2.14. The van der Waals surface area contributed by atoms with Crippen LogP contribution in [-0.2, 0) is 11.2 Å². The molecule has 0 atom stereocenters. The quantitative estimate of drug-likeness (QED) is 0.728. The molecule has 1 heterocycles. The molecular weight excluding hydrogens is 328 g/mol. The van der Waals surface area contributed by atoms with E-state index in [0.29, 0.717) is 11.4 Å². The Morgan fingerprint density at radius 3 is 2.43 bits per heavy atom. The van der Waals surface area contributed by atoms with Gasteiger partial charge in [0.2, 0.25) is 5.91 Å². The molecule has 0 bridgehead atoms. The van der Waals surface area contributed by atoms with Crippen molar-refractivity contribution >= 4 is 34.5 Å². The van der Waals surface area contributed by atoms with E-state index in [0.717, 1.165) is 27.5 Å². The number of carbonyl (C=O) groups is 1. The summed E-state index contributed by atoms with van der Waals surface area (Å²) < 4.78 is 0. The molecule has 1 amide bonds. The largest absolute Gasteiger partial charge is 0.326 e. The number of amides is 1. The molecule has 0 unspecified atom stereocenters. The van der Waals surface area contributed by atoms with Crippen molar-refractivity contribution in [1.82, 2.24) is 4.98 Å². The van der Waals surface area contributed by atoms with Gasteiger partial charge in [-0.05, 0) is 36.8 Å². The van der Waals surface area contributed by atoms with Crippen LogP contribution >= 0.6 is 22.9 Å². The predicted molar refractivity (Wildman–Crippen MR) is 96.1 cm³/mol. The first kappa shape index (κ1) is 15.7. The molecule has 0 saturated carbocycles. The van der Waals surface area contributed by atoms with Crippen LogP contribution in [0.3, 0.4) is 0 Å². The third-order valence-corrected chi connectivity index (χ3v) is 4.39. The molecule has 116 valence electrons. The number of rotatable bonds is 4. The molecule has 23 heavy (non-hydrogen) atoms. The Bertz CT molecular complexity index is 810. The Hall–Kier alpha value is -2.17. The second kappa shape index (κ2) is 6.94. The molecule has 0 saturated heterocycles. The maximum atomic E-state index is 12.1. The fourth-order valence-corrected chi connectivity index (χ4v) is 2.96. The Morgan fingerprint density at radius 2 is 1.83 bits per heavy atom. The van der Waals surface area contributed by atoms with E-state index in [-0.39, 0.29) is 5.91 Å². The standard InChI is InChI=1S/C18H15ClN2OS/c1-12-20-17(11-23-12)14-4-8-16(9-5-14)21-18(22)10-13-2-6-15(19)7-3-13/h2-9,11H,10H2,1H3,(H,21,22). The summed E-state index contributed by atoms with van der Waals surface area (Å²) in [5, 5.41) is 6.64. The summed E-state index contributed by atoms with van der Waals surface area (Å²) in [7, 11) is 0. The lowest BCUT2D eigenvalue weighted by Gasteiger charge is -2.06. The van der Waals surface area contributed by atoms with Gasteiger partial charge in [-0.3, -0.25) is 4.79 Å². The molecule has 3 nitrogen and oxygen atoms in total. The van der Waals surface area contributed by atoms with E-state index in [2.05, 4.69) is 10.3 Å². The highest BCUT2D eigenvalue weighted by Gasteiger charge is 2.06. The summed E-state index contributed by atoms with van der Waals surface area (Å²) in [6.45, 7) is 1.99. The SMILES string of the molecule is Cc1nc(-c2ccc(NC(=O)Cc3ccc(Cl)cc3)cc2)cs1. The maximum Gasteiger partial charge on any atom is 0.228 e. The van der Waals surface area contributed by atoms with E-state index in [4.69, 9.17) is 11.6 Å². The molecule has 0 aliphatic rings. The number of carbonyl (C=O) groups excluding carboxylic acids is 1. The van der Waals surface area contributed by atoms with Crippen LogP contribution in [0.2, 0.25) is 5.02 Å². The lowest BCUT2D eigenvalue weighted by molar-refractivity contribution is -0.115. The van der Waals surface area contributed by atoms with Crippen molar-refractivity contribution in [2.75, 3.05) is 5.32 Å². The number of benzene rings is 2. The summed E-state index contributed by atoms with van der Waals surface area (Å²) in [6.07, 6.45) is 0.324. The van der Waals surface area contributed by atoms with Crippen LogP contribution in [-0.4, -0.2) is 10.9 Å². The molecule has 2 aromatic carbocycles. The lowest BCUT2D eigenvalue weighted by atomic mass is 10.1. The highest BCUT2D eigenvalue weighted by molar-refractivity contribution is 7.09. The number of hydrogen-bond acceptors (Lipinski definition) is 3. The van der Waals surface area contributed by atoms with Gasteiger partial charge in [0.1, 0.15) is 0 Å². The first-order valence-electron chi connectivity index (χ1n) is 7.17. The van der Waals surface area contributed by atoms with Crippen LogP contribution in [0.4, 0.5) is 5.69 Å². The monoisotopic (exact) mass is 342 g/mol. The van der Waals surface area contributed by atoms with E-state index < -0.39 is 0 Å². The molecule has 0 aliphatic heterocycles. The highest BCUT2D eigenvalue weighted by Crippen LogP contribution is 2.23. The summed E-state index contributed by atoms with van der Waals surface area (Å²) in [4.78, 5) is 16.5. The average Bonchev–Trinajstić information content (AvgIpc) is 2.97. The molecule has 0 radical (unpaired) electrons. The van der Waals surface area contributed by atoms with E-state index in [1.165, 1.54) is 0 Å². The zero-order valence-corrected chi connectivity index (χ0v) is 14.1. The molecule has 0 aliphatic carbocycles. The van der Waals surface area contributed by atoms with Gasteiger partial charge in [0.25, 0.3) is 0 Å². The first-order valence-corrected chi connectivity index (χ1v) is 8.43. The van der Waals surface area contributed by atoms with Crippen LogP contribution < -0.4 is 5.32 Å². The van der Waals surface area contributed by atoms with Crippen molar-refractivity contribution in [3.8, 4) is 11.3 Å². The molecular formula is C18H15ClN2OS. The fourth-order valence-electron chi connectivity index (χ4n) is 2.21. The Kier molecular flexibility index (Phi) is 4.74. The van der Waals surface area contributed by atoms with E-state index in [1.807, 2.05) is 48.7 Å². The third-order valence-electron chi connectivity index (χ3n) is 3.36. The third kappa shape index (κ3) is 4.18. The van der Waals surface area contributed by atoms with Crippen molar-refractivity contribution in [1.29, 1.82) is 0 Å². The van der Waals surface area contributed by atoms with Gasteiger partial charge in [-0.25, -0.2) is 4.98 Å². The van der Waals surface area contributed by atoms with Crippen molar-refractivity contribution < 1.29 is 4.79 Å². The number of halogens is 1. The number of aromatic nitrogens is 1. The first-order chi connectivity index (χ1) is 11.1. The topological polar surface area (TPSA) is 42.0 Å². The van der Waals surface area contributed by atoms with Gasteiger partial charge >= 0.3 is 0 Å². The molecule has 0 fully saturated rings. The fraction of sp³-hybridized carbons (Fsp3) is 0.111. The van der Waals surface area contributed by atoms with Crippen LogP contribution in [0, 0.1) is 6.92 Å². The Morgan fingerprint density at radius 1 is 1.13 bits per heavy atom. The van der Waals surface area contributed by atoms with Crippen LogP contribution in [0.15, 0.2) is 53.9 Å². The molecule has 3 aromatic rings. The number of anilines is 1. The number of hydrogen-bond donors (Lipinski definition) is 1. The van der Waals surface area contributed by atoms with Crippen LogP contribution in [0.5, 0.6) is 0 Å². The Labute approximate surface area is 144 Å². The minimum atomic E-state index is -0.0513.